The third kappa shape index (κ3) is 6.77. The van der Waals surface area contributed by atoms with Gasteiger partial charge in [0, 0.05) is 24.3 Å². The van der Waals surface area contributed by atoms with E-state index in [9.17, 15) is 18.3 Å². The summed E-state index contributed by atoms with van der Waals surface area (Å²) < 4.78 is 28.2. The van der Waals surface area contributed by atoms with Crippen molar-refractivity contribution in [2.24, 2.45) is 5.41 Å². The number of aromatic nitrogens is 2. The molecule has 2 aliphatic rings. The van der Waals surface area contributed by atoms with Crippen molar-refractivity contribution < 1.29 is 18.3 Å². The summed E-state index contributed by atoms with van der Waals surface area (Å²) in [7, 11) is -3.76. The number of carbonyl (C=O) groups is 1. The quantitative estimate of drug-likeness (QED) is 0.408. The highest BCUT2D eigenvalue weighted by atomic mass is 32.2. The molecule has 2 aromatic rings. The number of aliphatic hydroxyl groups excluding tert-OH is 1. The van der Waals surface area contributed by atoms with Gasteiger partial charge in [-0.05, 0) is 83.9 Å². The van der Waals surface area contributed by atoms with Crippen LogP contribution in [-0.2, 0) is 10.0 Å². The van der Waals surface area contributed by atoms with E-state index < -0.39 is 27.0 Å². The first-order valence-corrected chi connectivity index (χ1v) is 14.2. The molecule has 0 unspecified atom stereocenters. The molecule has 4 rings (SSSR count). The van der Waals surface area contributed by atoms with Gasteiger partial charge in [-0.1, -0.05) is 6.07 Å². The molecule has 1 aliphatic heterocycles. The smallest absolute Gasteiger partial charge is 0.278 e. The lowest BCUT2D eigenvalue weighted by Gasteiger charge is -2.34. The minimum absolute atomic E-state index is 0.0584. The lowest BCUT2D eigenvalue weighted by atomic mass is 9.93. The molecule has 0 bridgehead atoms. The Morgan fingerprint density at radius 2 is 1.78 bits per heavy atom. The summed E-state index contributed by atoms with van der Waals surface area (Å²) in [6.45, 7) is 10.5. The van der Waals surface area contributed by atoms with E-state index in [4.69, 9.17) is 4.98 Å². The Hall–Kier alpha value is -2.76. The number of sulfonamides is 1. The second-order valence-corrected chi connectivity index (χ2v) is 13.6. The first-order chi connectivity index (χ1) is 17.2. The van der Waals surface area contributed by atoms with E-state index in [1.54, 1.807) is 32.9 Å². The molecule has 0 atom stereocenters. The van der Waals surface area contributed by atoms with Crippen molar-refractivity contribution in [2.45, 2.75) is 76.3 Å². The van der Waals surface area contributed by atoms with Crippen molar-refractivity contribution in [1.82, 2.24) is 14.7 Å². The first kappa shape index (κ1) is 27.3. The number of benzene rings is 1. The van der Waals surface area contributed by atoms with Crippen LogP contribution >= 0.6 is 0 Å². The van der Waals surface area contributed by atoms with Crippen LogP contribution in [0.5, 0.6) is 0 Å². The van der Waals surface area contributed by atoms with Crippen molar-refractivity contribution >= 4 is 33.3 Å². The summed E-state index contributed by atoms with van der Waals surface area (Å²) >= 11 is 0. The zero-order valence-corrected chi connectivity index (χ0v) is 23.1. The topological polar surface area (TPSA) is 137 Å². The normalized spacial score (nSPS) is 17.5. The Labute approximate surface area is 219 Å². The van der Waals surface area contributed by atoms with Gasteiger partial charge in [-0.25, -0.2) is 23.1 Å². The van der Waals surface area contributed by atoms with Gasteiger partial charge in [0.15, 0.2) is 11.5 Å². The highest BCUT2D eigenvalue weighted by molar-refractivity contribution is 7.89. The first-order valence-electron chi connectivity index (χ1n) is 12.7. The number of hydrogen-bond acceptors (Lipinski definition) is 8. The maximum Gasteiger partial charge on any atom is 0.278 e. The molecule has 11 heteroatoms. The van der Waals surface area contributed by atoms with Crippen LogP contribution in [0, 0.1) is 5.41 Å². The number of rotatable bonds is 8. The van der Waals surface area contributed by atoms with Gasteiger partial charge in [-0.3, -0.25) is 4.79 Å². The third-order valence-corrected chi connectivity index (χ3v) is 8.51. The number of amides is 1. The van der Waals surface area contributed by atoms with Crippen LogP contribution in [0.25, 0.3) is 0 Å². The van der Waals surface area contributed by atoms with Crippen molar-refractivity contribution in [3.8, 4) is 0 Å². The van der Waals surface area contributed by atoms with Crippen molar-refractivity contribution in [3.63, 3.8) is 0 Å². The Balaban J connectivity index is 1.60. The van der Waals surface area contributed by atoms with Crippen molar-refractivity contribution in [1.29, 1.82) is 0 Å². The van der Waals surface area contributed by atoms with E-state index in [2.05, 4.69) is 25.2 Å². The van der Waals surface area contributed by atoms with E-state index >= 15 is 0 Å². The summed E-state index contributed by atoms with van der Waals surface area (Å²) in [6, 6.07) is 6.14. The minimum Gasteiger partial charge on any atom is -0.394 e. The molecule has 2 fully saturated rings. The summed E-state index contributed by atoms with van der Waals surface area (Å²) in [5.41, 5.74) is -0.290. The van der Waals surface area contributed by atoms with Gasteiger partial charge in [0.05, 0.1) is 23.2 Å². The molecule has 1 aliphatic carbocycles. The monoisotopic (exact) mass is 530 g/mol. The number of carbonyl (C=O) groups excluding carboxylic acids is 1. The number of hydrogen-bond donors (Lipinski definition) is 4. The predicted octanol–water partition coefficient (Wildman–Crippen LogP) is 3.37. The number of piperidine rings is 1. The molecule has 2 heterocycles. The standard InChI is InChI=1S/C26H38N6O4S/c1-24(2,3)31-37(35,36)19-8-6-7-18(15-19)28-23(34)21-22(32-13-11-26(9-10-26)12-14-32)29-20(16-27-21)30-25(4,5)17-33/h6-8,15-16,31,33H,9-14,17H2,1-5H3,(H,28,34)(H,29,30). The second kappa shape index (κ2) is 9.85. The van der Waals surface area contributed by atoms with Crippen molar-refractivity contribution in [2.75, 3.05) is 35.2 Å². The maximum absolute atomic E-state index is 13.4. The van der Waals surface area contributed by atoms with Crippen LogP contribution in [-0.4, -0.2) is 60.2 Å². The average molecular weight is 531 g/mol. The average Bonchev–Trinajstić information content (AvgIpc) is 3.56. The van der Waals surface area contributed by atoms with E-state index in [-0.39, 0.29) is 17.2 Å². The van der Waals surface area contributed by atoms with Gasteiger partial charge in [0.25, 0.3) is 5.91 Å². The van der Waals surface area contributed by atoms with E-state index in [1.165, 1.54) is 31.2 Å². The SMILES string of the molecule is CC(C)(C)NS(=O)(=O)c1cccc(NC(=O)c2ncc(NC(C)(C)CO)nc2N2CCC3(CC2)CC3)c1. The van der Waals surface area contributed by atoms with Gasteiger partial charge < -0.3 is 20.6 Å². The molecule has 37 heavy (non-hydrogen) atoms. The highest BCUT2D eigenvalue weighted by Gasteiger charge is 2.45. The van der Waals surface area contributed by atoms with Gasteiger partial charge in [-0.15, -0.1) is 0 Å². The number of nitrogens with zero attached hydrogens (tertiary/aromatic N) is 3. The number of nitrogens with one attached hydrogen (secondary N) is 3. The minimum atomic E-state index is -3.76. The third-order valence-electron chi connectivity index (χ3n) is 6.75. The van der Waals surface area contributed by atoms with E-state index in [0.717, 1.165) is 25.9 Å². The van der Waals surface area contributed by atoms with Gasteiger partial charge in [0.2, 0.25) is 10.0 Å². The Kier molecular flexibility index (Phi) is 7.26. The maximum atomic E-state index is 13.4. The van der Waals surface area contributed by atoms with Crippen LogP contribution in [0.1, 0.15) is 70.8 Å². The summed E-state index contributed by atoms with van der Waals surface area (Å²) in [5.74, 6) is 0.476. The molecule has 1 spiro atoms. The van der Waals surface area contributed by atoms with E-state index in [1.807, 2.05) is 13.8 Å². The number of aliphatic hydroxyl groups is 1. The van der Waals surface area contributed by atoms with Crippen LogP contribution in [0.3, 0.4) is 0 Å². The molecule has 202 valence electrons. The Morgan fingerprint density at radius 3 is 2.38 bits per heavy atom. The molecule has 1 amide bonds. The number of anilines is 3. The van der Waals surface area contributed by atoms with E-state index in [0.29, 0.717) is 22.7 Å². The van der Waals surface area contributed by atoms with Crippen LogP contribution in [0.4, 0.5) is 17.3 Å². The van der Waals surface area contributed by atoms with Gasteiger partial charge >= 0.3 is 0 Å². The molecule has 1 aromatic carbocycles. The largest absolute Gasteiger partial charge is 0.394 e. The van der Waals surface area contributed by atoms with Crippen molar-refractivity contribution in [3.05, 3.63) is 36.2 Å². The summed E-state index contributed by atoms with van der Waals surface area (Å²) in [4.78, 5) is 24.7. The highest BCUT2D eigenvalue weighted by Crippen LogP contribution is 2.54. The molecule has 0 radical (unpaired) electrons. The second-order valence-electron chi connectivity index (χ2n) is 11.9. The summed E-state index contributed by atoms with van der Waals surface area (Å²) in [5, 5.41) is 15.6. The lowest BCUT2D eigenvalue weighted by Crippen LogP contribution is -2.40. The molecule has 1 aromatic heterocycles. The Morgan fingerprint density at radius 1 is 1.11 bits per heavy atom. The lowest BCUT2D eigenvalue weighted by molar-refractivity contribution is 0.102. The fourth-order valence-corrected chi connectivity index (χ4v) is 5.93. The van der Waals surface area contributed by atoms with Crippen LogP contribution in [0.15, 0.2) is 35.4 Å². The zero-order valence-electron chi connectivity index (χ0n) is 22.3. The molecular weight excluding hydrogens is 492 g/mol. The zero-order chi connectivity index (χ0) is 27.1. The molecular formula is C26H38N6O4S. The summed E-state index contributed by atoms with van der Waals surface area (Å²) in [6.07, 6.45) is 6.10. The van der Waals surface area contributed by atoms with Gasteiger partial charge in [-0.2, -0.15) is 0 Å². The molecule has 4 N–H and O–H groups in total. The molecule has 1 saturated heterocycles. The Bertz CT molecular complexity index is 1260. The fraction of sp³-hybridized carbons (Fsp3) is 0.577. The van der Waals surface area contributed by atoms with Crippen LogP contribution in [0.2, 0.25) is 0 Å². The van der Waals surface area contributed by atoms with Gasteiger partial charge in [0.1, 0.15) is 5.82 Å². The molecule has 10 nitrogen and oxygen atoms in total. The fourth-order valence-electron chi connectivity index (χ4n) is 4.47. The van der Waals surface area contributed by atoms with Crippen LogP contribution < -0.4 is 20.3 Å². The molecule has 1 saturated carbocycles. The predicted molar refractivity (Wildman–Crippen MR) is 144 cm³/mol.